The fourth-order valence-corrected chi connectivity index (χ4v) is 0.778. The van der Waals surface area contributed by atoms with Crippen molar-refractivity contribution in [2.45, 2.75) is 0 Å². The molecule has 1 aromatic carbocycles. The molecule has 0 spiro atoms. The van der Waals surface area contributed by atoms with Crippen LogP contribution in [0.4, 0.5) is 11.4 Å². The Morgan fingerprint density at radius 2 is 2.27 bits per heavy atom. The molecule has 11 heavy (non-hydrogen) atoms. The zero-order chi connectivity index (χ0) is 8.27. The van der Waals surface area contributed by atoms with E-state index in [0.29, 0.717) is 11.4 Å². The molecule has 0 aromatic heterocycles. The molecule has 58 valence electrons. The summed E-state index contributed by atoms with van der Waals surface area (Å²) in [7, 11) is 1.47. The van der Waals surface area contributed by atoms with Gasteiger partial charge < -0.3 is 10.5 Å². The van der Waals surface area contributed by atoms with Gasteiger partial charge in [0.1, 0.15) is 5.75 Å². The van der Waals surface area contributed by atoms with Crippen LogP contribution in [0.5, 0.6) is 5.75 Å². The second-order valence-corrected chi connectivity index (χ2v) is 2.02. The van der Waals surface area contributed by atoms with Gasteiger partial charge in [0.2, 0.25) is 0 Å². The number of nitrogens with zero attached hydrogens (tertiary/aromatic N) is 1. The molecule has 0 unspecified atom stereocenters. The number of rotatable bonds is 2. The minimum absolute atomic E-state index is 0.229. The van der Waals surface area contributed by atoms with Crippen LogP contribution in [0.2, 0.25) is 0 Å². The molecule has 0 aliphatic heterocycles. The van der Waals surface area contributed by atoms with E-state index in [9.17, 15) is 4.91 Å². The van der Waals surface area contributed by atoms with E-state index in [1.54, 1.807) is 12.1 Å². The first-order valence-corrected chi connectivity index (χ1v) is 3.05. The van der Waals surface area contributed by atoms with Crippen molar-refractivity contribution in [1.29, 1.82) is 0 Å². The highest BCUT2D eigenvalue weighted by atomic mass is 16.5. The summed E-state index contributed by atoms with van der Waals surface area (Å²) in [6.45, 7) is 0. The van der Waals surface area contributed by atoms with Gasteiger partial charge in [-0.1, -0.05) is 0 Å². The standard InChI is InChI=1S/C7H8N2O2/c1-11-7-3-2-5(8)4-6(7)9-10/h2-4H,8H2,1H3. The molecular formula is C7H8N2O2. The van der Waals surface area contributed by atoms with Crippen LogP contribution in [0.3, 0.4) is 0 Å². The second kappa shape index (κ2) is 3.01. The van der Waals surface area contributed by atoms with Crippen LogP contribution in [0.15, 0.2) is 23.4 Å². The van der Waals surface area contributed by atoms with Crippen molar-refractivity contribution in [2.24, 2.45) is 5.18 Å². The molecule has 1 aromatic rings. The first-order chi connectivity index (χ1) is 5.27. The fourth-order valence-electron chi connectivity index (χ4n) is 0.778. The summed E-state index contributed by atoms with van der Waals surface area (Å²) in [5.41, 5.74) is 6.13. The lowest BCUT2D eigenvalue weighted by Crippen LogP contribution is -1.86. The predicted molar refractivity (Wildman–Crippen MR) is 42.9 cm³/mol. The van der Waals surface area contributed by atoms with E-state index >= 15 is 0 Å². The lowest BCUT2D eigenvalue weighted by atomic mass is 10.2. The molecule has 4 nitrogen and oxygen atoms in total. The van der Waals surface area contributed by atoms with Crippen molar-refractivity contribution in [3.63, 3.8) is 0 Å². The zero-order valence-electron chi connectivity index (χ0n) is 6.07. The Morgan fingerprint density at radius 3 is 2.82 bits per heavy atom. The average Bonchev–Trinajstić information content (AvgIpc) is 2.04. The summed E-state index contributed by atoms with van der Waals surface area (Å²) in [6.07, 6.45) is 0. The van der Waals surface area contributed by atoms with Crippen LogP contribution in [0.1, 0.15) is 0 Å². The van der Waals surface area contributed by atoms with Gasteiger partial charge in [0.25, 0.3) is 0 Å². The molecule has 0 saturated carbocycles. The van der Waals surface area contributed by atoms with E-state index in [2.05, 4.69) is 5.18 Å². The third kappa shape index (κ3) is 1.46. The van der Waals surface area contributed by atoms with E-state index in [4.69, 9.17) is 10.5 Å². The maximum absolute atomic E-state index is 10.2. The van der Waals surface area contributed by atoms with Gasteiger partial charge >= 0.3 is 0 Å². The molecule has 0 bridgehead atoms. The predicted octanol–water partition coefficient (Wildman–Crippen LogP) is 1.68. The largest absolute Gasteiger partial charge is 0.494 e. The van der Waals surface area contributed by atoms with Gasteiger partial charge in [-0.05, 0) is 23.4 Å². The van der Waals surface area contributed by atoms with E-state index in [-0.39, 0.29) is 5.69 Å². The molecule has 0 aliphatic rings. The molecule has 1 rings (SSSR count). The van der Waals surface area contributed by atoms with Crippen molar-refractivity contribution in [3.8, 4) is 5.75 Å². The summed E-state index contributed by atoms with van der Waals surface area (Å²) in [5, 5.41) is 2.75. The lowest BCUT2D eigenvalue weighted by molar-refractivity contribution is 0.416. The monoisotopic (exact) mass is 152 g/mol. The maximum atomic E-state index is 10.2. The van der Waals surface area contributed by atoms with Crippen molar-refractivity contribution in [2.75, 3.05) is 12.8 Å². The van der Waals surface area contributed by atoms with Crippen molar-refractivity contribution >= 4 is 11.4 Å². The van der Waals surface area contributed by atoms with E-state index in [1.807, 2.05) is 0 Å². The maximum Gasteiger partial charge on any atom is 0.151 e. The van der Waals surface area contributed by atoms with Crippen molar-refractivity contribution in [1.82, 2.24) is 0 Å². The van der Waals surface area contributed by atoms with Gasteiger partial charge in [-0.2, -0.15) is 0 Å². The van der Waals surface area contributed by atoms with Crippen molar-refractivity contribution in [3.05, 3.63) is 23.1 Å². The number of methoxy groups -OCH3 is 1. The molecule has 2 N–H and O–H groups in total. The first kappa shape index (κ1) is 7.53. The summed E-state index contributed by atoms with van der Waals surface area (Å²) in [6, 6.07) is 4.71. The summed E-state index contributed by atoms with van der Waals surface area (Å²) < 4.78 is 4.84. The van der Waals surface area contributed by atoms with Crippen LogP contribution in [0, 0.1) is 4.91 Å². The second-order valence-electron chi connectivity index (χ2n) is 2.02. The topological polar surface area (TPSA) is 64.7 Å². The zero-order valence-corrected chi connectivity index (χ0v) is 6.07. The Bertz CT molecular complexity index is 273. The van der Waals surface area contributed by atoms with Crippen LogP contribution in [0.25, 0.3) is 0 Å². The van der Waals surface area contributed by atoms with Crippen molar-refractivity contribution < 1.29 is 4.74 Å². The number of hydrogen-bond acceptors (Lipinski definition) is 4. The highest BCUT2D eigenvalue weighted by Gasteiger charge is 2.01. The molecule has 4 heteroatoms. The SMILES string of the molecule is COc1ccc(N)cc1N=O. The molecule has 0 atom stereocenters. The van der Waals surface area contributed by atoms with Gasteiger partial charge in [-0.3, -0.25) is 0 Å². The normalized spacial score (nSPS) is 9.18. The molecule has 0 saturated heterocycles. The average molecular weight is 152 g/mol. The number of nitrogen functional groups attached to an aromatic ring is 1. The van der Waals surface area contributed by atoms with E-state index in [1.165, 1.54) is 13.2 Å². The minimum atomic E-state index is 0.229. The number of anilines is 1. The number of hydrogen-bond donors (Lipinski definition) is 1. The third-order valence-corrected chi connectivity index (χ3v) is 1.30. The van der Waals surface area contributed by atoms with Gasteiger partial charge in [-0.25, -0.2) is 0 Å². The Hall–Kier alpha value is -1.58. The van der Waals surface area contributed by atoms with E-state index < -0.39 is 0 Å². The van der Waals surface area contributed by atoms with Gasteiger partial charge in [-0.15, -0.1) is 4.91 Å². The van der Waals surface area contributed by atoms with Gasteiger partial charge in [0, 0.05) is 5.69 Å². The minimum Gasteiger partial charge on any atom is -0.494 e. The molecule has 0 aliphatic carbocycles. The highest BCUT2D eigenvalue weighted by Crippen LogP contribution is 2.28. The molecule has 0 fully saturated rings. The Labute approximate surface area is 63.9 Å². The highest BCUT2D eigenvalue weighted by molar-refractivity contribution is 5.59. The van der Waals surface area contributed by atoms with Crippen LogP contribution in [-0.2, 0) is 0 Å². The Balaban J connectivity index is 3.16. The lowest BCUT2D eigenvalue weighted by Gasteiger charge is -2.01. The number of ether oxygens (including phenoxy) is 1. The molecule has 0 heterocycles. The third-order valence-electron chi connectivity index (χ3n) is 1.30. The van der Waals surface area contributed by atoms with Gasteiger partial charge in [0.05, 0.1) is 7.11 Å². The number of nitrogens with two attached hydrogens (primary N) is 1. The number of benzene rings is 1. The molecule has 0 radical (unpaired) electrons. The summed E-state index contributed by atoms with van der Waals surface area (Å²) in [4.78, 5) is 10.2. The van der Waals surface area contributed by atoms with Gasteiger partial charge in [0.15, 0.2) is 5.69 Å². The fraction of sp³-hybridized carbons (Fsp3) is 0.143. The molecular weight excluding hydrogens is 144 g/mol. The van der Waals surface area contributed by atoms with Crippen LogP contribution < -0.4 is 10.5 Å². The Kier molecular flexibility index (Phi) is 2.06. The first-order valence-electron chi connectivity index (χ1n) is 3.05. The molecule has 0 amide bonds. The van der Waals surface area contributed by atoms with E-state index in [0.717, 1.165) is 0 Å². The summed E-state index contributed by atoms with van der Waals surface area (Å²) >= 11 is 0. The van der Waals surface area contributed by atoms with Crippen LogP contribution >= 0.6 is 0 Å². The van der Waals surface area contributed by atoms with Crippen LogP contribution in [-0.4, -0.2) is 7.11 Å². The summed E-state index contributed by atoms with van der Waals surface area (Å²) in [5.74, 6) is 0.439. The Morgan fingerprint density at radius 1 is 1.55 bits per heavy atom. The quantitative estimate of drug-likeness (QED) is 0.517. The number of nitroso groups, excluding NO2 is 1. The smallest absolute Gasteiger partial charge is 0.151 e.